The van der Waals surface area contributed by atoms with Crippen LogP contribution in [0.25, 0.3) is 6.08 Å². The first-order chi connectivity index (χ1) is 9.67. The van der Waals surface area contributed by atoms with E-state index in [1.54, 1.807) is 38.1 Å². The predicted molar refractivity (Wildman–Crippen MR) is 77.4 cm³/mol. The Hall–Kier alpha value is -1.98. The number of alkyl halides is 3. The summed E-state index contributed by atoms with van der Waals surface area (Å²) in [5.41, 5.74) is 6.81. The highest BCUT2D eigenvalue weighted by molar-refractivity contribution is 5.91. The number of halogens is 3. The quantitative estimate of drug-likeness (QED) is 0.669. The third-order valence-corrected chi connectivity index (χ3v) is 2.62. The van der Waals surface area contributed by atoms with Gasteiger partial charge in [-0.2, -0.15) is 13.2 Å². The summed E-state index contributed by atoms with van der Waals surface area (Å²) in [5, 5.41) is 0. The molecule has 0 aliphatic rings. The number of anilines is 1. The fraction of sp³-hybridized carbons (Fsp3) is 0.400. The highest BCUT2D eigenvalue weighted by atomic mass is 19.4. The van der Waals surface area contributed by atoms with Crippen LogP contribution < -0.4 is 5.73 Å². The molecule has 0 saturated heterocycles. The van der Waals surface area contributed by atoms with Crippen molar-refractivity contribution in [3.8, 4) is 0 Å². The number of nitrogens with two attached hydrogens (primary N) is 1. The van der Waals surface area contributed by atoms with Gasteiger partial charge in [-0.1, -0.05) is 26.0 Å². The number of amides is 1. The lowest BCUT2D eigenvalue weighted by Crippen LogP contribution is -2.40. The zero-order chi connectivity index (χ0) is 16.0. The SMILES string of the molecule is CC(C)CN(CC(F)(F)F)C(=O)/C=C/c1ccc(N)cc1. The smallest absolute Gasteiger partial charge is 0.399 e. The fourth-order valence-corrected chi connectivity index (χ4v) is 1.77. The summed E-state index contributed by atoms with van der Waals surface area (Å²) in [6.07, 6.45) is -1.77. The van der Waals surface area contributed by atoms with E-state index in [4.69, 9.17) is 5.73 Å². The first-order valence-corrected chi connectivity index (χ1v) is 6.56. The van der Waals surface area contributed by atoms with Gasteiger partial charge < -0.3 is 10.6 Å². The topological polar surface area (TPSA) is 46.3 Å². The molecule has 1 aromatic carbocycles. The van der Waals surface area contributed by atoms with Crippen LogP contribution in [-0.4, -0.2) is 30.1 Å². The number of benzene rings is 1. The van der Waals surface area contributed by atoms with E-state index in [2.05, 4.69) is 0 Å². The number of carbonyl (C=O) groups excluding carboxylic acids is 1. The molecular formula is C15H19F3N2O. The summed E-state index contributed by atoms with van der Waals surface area (Å²) in [4.78, 5) is 12.7. The molecule has 2 N–H and O–H groups in total. The second kappa shape index (κ2) is 7.15. The lowest BCUT2D eigenvalue weighted by molar-refractivity contribution is -0.159. The molecule has 21 heavy (non-hydrogen) atoms. The molecule has 0 bridgehead atoms. The van der Waals surface area contributed by atoms with Gasteiger partial charge in [-0.15, -0.1) is 0 Å². The van der Waals surface area contributed by atoms with Crippen molar-refractivity contribution in [1.82, 2.24) is 4.90 Å². The van der Waals surface area contributed by atoms with E-state index in [1.165, 1.54) is 6.08 Å². The first-order valence-electron chi connectivity index (χ1n) is 6.56. The molecule has 0 saturated carbocycles. The Bertz CT molecular complexity index is 493. The fourth-order valence-electron chi connectivity index (χ4n) is 1.77. The van der Waals surface area contributed by atoms with E-state index < -0.39 is 18.6 Å². The van der Waals surface area contributed by atoms with Crippen LogP contribution in [0, 0.1) is 5.92 Å². The molecule has 0 aliphatic carbocycles. The van der Waals surface area contributed by atoms with Gasteiger partial charge in [-0.25, -0.2) is 0 Å². The van der Waals surface area contributed by atoms with Gasteiger partial charge >= 0.3 is 6.18 Å². The summed E-state index contributed by atoms with van der Waals surface area (Å²) in [7, 11) is 0. The lowest BCUT2D eigenvalue weighted by Gasteiger charge is -2.24. The molecule has 1 aromatic rings. The predicted octanol–water partition coefficient (Wildman–Crippen LogP) is 3.33. The van der Waals surface area contributed by atoms with E-state index in [1.807, 2.05) is 0 Å². The molecule has 0 heterocycles. The molecule has 0 unspecified atom stereocenters. The Kier molecular flexibility index (Phi) is 5.81. The monoisotopic (exact) mass is 300 g/mol. The molecule has 6 heteroatoms. The van der Waals surface area contributed by atoms with Crippen molar-refractivity contribution in [2.45, 2.75) is 20.0 Å². The van der Waals surface area contributed by atoms with E-state index in [-0.39, 0.29) is 12.5 Å². The van der Waals surface area contributed by atoms with Gasteiger partial charge in [0.05, 0.1) is 0 Å². The van der Waals surface area contributed by atoms with Crippen molar-refractivity contribution < 1.29 is 18.0 Å². The highest BCUT2D eigenvalue weighted by Crippen LogP contribution is 2.18. The second-order valence-electron chi connectivity index (χ2n) is 5.23. The van der Waals surface area contributed by atoms with E-state index >= 15 is 0 Å². The van der Waals surface area contributed by atoms with E-state index in [0.29, 0.717) is 11.3 Å². The molecule has 0 radical (unpaired) electrons. The number of rotatable bonds is 5. The minimum Gasteiger partial charge on any atom is -0.399 e. The molecular weight excluding hydrogens is 281 g/mol. The molecule has 0 spiro atoms. The van der Waals surface area contributed by atoms with Crippen LogP contribution in [0.1, 0.15) is 19.4 Å². The number of hydrogen-bond donors (Lipinski definition) is 1. The Morgan fingerprint density at radius 1 is 1.29 bits per heavy atom. The van der Waals surface area contributed by atoms with Crippen molar-refractivity contribution in [3.05, 3.63) is 35.9 Å². The Labute approximate surface area is 122 Å². The molecule has 0 aliphatic heterocycles. The summed E-state index contributed by atoms with van der Waals surface area (Å²) in [6, 6.07) is 6.70. The molecule has 3 nitrogen and oxygen atoms in total. The maximum absolute atomic E-state index is 12.5. The minimum atomic E-state index is -4.40. The third kappa shape index (κ3) is 6.83. The Morgan fingerprint density at radius 3 is 2.33 bits per heavy atom. The molecule has 0 fully saturated rings. The number of hydrogen-bond acceptors (Lipinski definition) is 2. The third-order valence-electron chi connectivity index (χ3n) is 2.62. The van der Waals surface area contributed by atoms with Crippen LogP contribution in [0.2, 0.25) is 0 Å². The van der Waals surface area contributed by atoms with Crippen LogP contribution in [0.15, 0.2) is 30.3 Å². The van der Waals surface area contributed by atoms with Crippen LogP contribution in [0.3, 0.4) is 0 Å². The van der Waals surface area contributed by atoms with Crippen LogP contribution in [-0.2, 0) is 4.79 Å². The molecule has 0 aromatic heterocycles. The average molecular weight is 300 g/mol. The number of nitrogen functional groups attached to an aromatic ring is 1. The lowest BCUT2D eigenvalue weighted by atomic mass is 10.1. The van der Waals surface area contributed by atoms with Crippen LogP contribution in [0.5, 0.6) is 0 Å². The maximum atomic E-state index is 12.5. The van der Waals surface area contributed by atoms with Crippen molar-refractivity contribution in [3.63, 3.8) is 0 Å². The Balaban J connectivity index is 2.77. The van der Waals surface area contributed by atoms with Crippen LogP contribution in [0.4, 0.5) is 18.9 Å². The largest absolute Gasteiger partial charge is 0.406 e. The molecule has 1 rings (SSSR count). The minimum absolute atomic E-state index is 0.0405. The summed E-state index contributed by atoms with van der Waals surface area (Å²) in [5.74, 6) is -0.695. The van der Waals surface area contributed by atoms with Crippen molar-refractivity contribution in [2.75, 3.05) is 18.8 Å². The van der Waals surface area contributed by atoms with Gasteiger partial charge in [0, 0.05) is 18.3 Å². The maximum Gasteiger partial charge on any atom is 0.406 e. The normalized spacial score (nSPS) is 12.1. The standard InChI is InChI=1S/C15H19F3N2O/c1-11(2)9-20(10-15(16,17)18)14(21)8-5-12-3-6-13(19)7-4-12/h3-8,11H,9-10,19H2,1-2H3/b8-5+. The Morgan fingerprint density at radius 2 is 1.86 bits per heavy atom. The zero-order valence-corrected chi connectivity index (χ0v) is 12.0. The zero-order valence-electron chi connectivity index (χ0n) is 12.0. The van der Waals surface area contributed by atoms with Gasteiger partial charge in [0.15, 0.2) is 0 Å². The van der Waals surface area contributed by atoms with E-state index in [0.717, 1.165) is 11.0 Å². The molecule has 1 amide bonds. The van der Waals surface area contributed by atoms with E-state index in [9.17, 15) is 18.0 Å². The van der Waals surface area contributed by atoms with Gasteiger partial charge in [-0.05, 0) is 29.7 Å². The average Bonchev–Trinajstić information content (AvgIpc) is 2.34. The first kappa shape index (κ1) is 17.1. The molecule has 116 valence electrons. The van der Waals surface area contributed by atoms with Crippen LogP contribution >= 0.6 is 0 Å². The van der Waals surface area contributed by atoms with Crippen molar-refractivity contribution in [2.24, 2.45) is 5.92 Å². The van der Waals surface area contributed by atoms with Crippen molar-refractivity contribution >= 4 is 17.7 Å². The molecule has 0 atom stereocenters. The van der Waals surface area contributed by atoms with Gasteiger partial charge in [0.1, 0.15) is 6.54 Å². The highest BCUT2D eigenvalue weighted by Gasteiger charge is 2.32. The van der Waals surface area contributed by atoms with Gasteiger partial charge in [0.25, 0.3) is 0 Å². The summed E-state index contributed by atoms with van der Waals surface area (Å²) < 4.78 is 37.5. The summed E-state index contributed by atoms with van der Waals surface area (Å²) >= 11 is 0. The van der Waals surface area contributed by atoms with Gasteiger partial charge in [-0.3, -0.25) is 4.79 Å². The number of carbonyl (C=O) groups is 1. The second-order valence-corrected chi connectivity index (χ2v) is 5.23. The number of nitrogens with zero attached hydrogens (tertiary/aromatic N) is 1. The summed E-state index contributed by atoms with van der Waals surface area (Å²) in [6.45, 7) is 2.35. The van der Waals surface area contributed by atoms with Crippen molar-refractivity contribution in [1.29, 1.82) is 0 Å². The van der Waals surface area contributed by atoms with Gasteiger partial charge in [0.2, 0.25) is 5.91 Å².